The number of aromatic nitrogens is 3. The second kappa shape index (κ2) is 6.84. The Hall–Kier alpha value is -1.67. The highest BCUT2D eigenvalue weighted by atomic mass is 32.2. The number of rotatable bonds is 6. The zero-order valence-corrected chi connectivity index (χ0v) is 14.9. The molecule has 1 aliphatic carbocycles. The molecule has 8 heteroatoms. The molecule has 1 amide bonds. The fourth-order valence-corrected chi connectivity index (χ4v) is 3.31. The van der Waals surface area contributed by atoms with Crippen molar-refractivity contribution >= 4 is 40.6 Å². The van der Waals surface area contributed by atoms with Crippen LogP contribution in [0.5, 0.6) is 0 Å². The lowest BCUT2D eigenvalue weighted by atomic mass is 10.2. The summed E-state index contributed by atoms with van der Waals surface area (Å²) in [5, 5.41) is 9.79. The van der Waals surface area contributed by atoms with Gasteiger partial charge in [0.05, 0.1) is 5.01 Å². The van der Waals surface area contributed by atoms with Crippen molar-refractivity contribution < 1.29 is 4.79 Å². The van der Waals surface area contributed by atoms with E-state index in [1.54, 1.807) is 17.5 Å². The van der Waals surface area contributed by atoms with Gasteiger partial charge in [0.15, 0.2) is 5.16 Å². The van der Waals surface area contributed by atoms with Gasteiger partial charge in [-0.1, -0.05) is 11.8 Å². The third kappa shape index (κ3) is 4.00. The van der Waals surface area contributed by atoms with Crippen LogP contribution in [-0.4, -0.2) is 33.2 Å². The predicted octanol–water partition coefficient (Wildman–Crippen LogP) is 3.41. The van der Waals surface area contributed by atoms with Crippen LogP contribution in [0.2, 0.25) is 0 Å². The van der Waals surface area contributed by atoms with E-state index in [0.29, 0.717) is 22.5 Å². The van der Waals surface area contributed by atoms with Crippen LogP contribution in [0.15, 0.2) is 16.7 Å². The average Bonchev–Trinajstić information content (AvgIpc) is 3.26. The smallest absolute Gasteiger partial charge is 0.256 e. The third-order valence-corrected chi connectivity index (χ3v) is 4.88. The minimum Gasteiger partial charge on any atom is -0.350 e. The summed E-state index contributed by atoms with van der Waals surface area (Å²) in [6.45, 7) is 3.84. The summed E-state index contributed by atoms with van der Waals surface area (Å²) in [7, 11) is 0. The largest absolute Gasteiger partial charge is 0.350 e. The summed E-state index contributed by atoms with van der Waals surface area (Å²) in [6, 6.07) is 0.0521. The van der Waals surface area contributed by atoms with Crippen molar-refractivity contribution in [3.63, 3.8) is 0 Å². The number of thiazole rings is 1. The van der Waals surface area contributed by atoms with Gasteiger partial charge in [-0.15, -0.1) is 11.3 Å². The van der Waals surface area contributed by atoms with Gasteiger partial charge in [-0.3, -0.25) is 4.79 Å². The Morgan fingerprint density at radius 1 is 1.39 bits per heavy atom. The van der Waals surface area contributed by atoms with Crippen LogP contribution in [0, 0.1) is 0 Å². The third-order valence-electron chi connectivity index (χ3n) is 3.31. The Morgan fingerprint density at radius 3 is 2.83 bits per heavy atom. The number of nitrogens with zero attached hydrogens (tertiary/aromatic N) is 3. The summed E-state index contributed by atoms with van der Waals surface area (Å²) in [4.78, 5) is 25.6. The monoisotopic (exact) mass is 349 g/mol. The molecule has 1 aliphatic rings. The molecule has 0 radical (unpaired) electrons. The lowest BCUT2D eigenvalue weighted by Gasteiger charge is -2.12. The van der Waals surface area contributed by atoms with Crippen molar-refractivity contribution in [2.24, 2.45) is 0 Å². The van der Waals surface area contributed by atoms with Gasteiger partial charge in [0, 0.05) is 23.5 Å². The molecule has 0 atom stereocenters. The van der Waals surface area contributed by atoms with Crippen LogP contribution in [0.4, 0.5) is 11.6 Å². The highest BCUT2D eigenvalue weighted by Gasteiger charge is 2.27. The topological polar surface area (TPSA) is 79.8 Å². The first-order chi connectivity index (χ1) is 11.1. The number of carbonyl (C=O) groups is 1. The van der Waals surface area contributed by atoms with Crippen molar-refractivity contribution in [1.29, 1.82) is 0 Å². The second-order valence-corrected chi connectivity index (χ2v) is 7.38. The van der Waals surface area contributed by atoms with Gasteiger partial charge in [0.25, 0.3) is 5.91 Å². The fraction of sp³-hybridized carbons (Fsp3) is 0.467. The van der Waals surface area contributed by atoms with Gasteiger partial charge in [-0.05, 0) is 32.9 Å². The van der Waals surface area contributed by atoms with Crippen molar-refractivity contribution in [2.75, 3.05) is 11.6 Å². The predicted molar refractivity (Wildman–Crippen MR) is 93.8 cm³/mol. The number of hydrogen-bond acceptors (Lipinski definition) is 7. The van der Waals surface area contributed by atoms with Gasteiger partial charge in [0.1, 0.15) is 17.2 Å². The molecule has 2 heterocycles. The summed E-state index contributed by atoms with van der Waals surface area (Å²) in [5.41, 5.74) is 0.428. The van der Waals surface area contributed by atoms with E-state index in [4.69, 9.17) is 0 Å². The molecular formula is C15H19N5OS2. The fourth-order valence-electron chi connectivity index (χ4n) is 2.05. The van der Waals surface area contributed by atoms with E-state index in [9.17, 15) is 4.79 Å². The number of hydrogen-bond donors (Lipinski definition) is 2. The van der Waals surface area contributed by atoms with Crippen LogP contribution in [-0.2, 0) is 0 Å². The first kappa shape index (κ1) is 16.2. The molecule has 0 unspecified atom stereocenters. The first-order valence-corrected chi connectivity index (χ1v) is 9.61. The Kier molecular flexibility index (Phi) is 4.82. The number of thioether (sulfide) groups is 1. The first-order valence-electron chi connectivity index (χ1n) is 7.51. The normalized spacial score (nSPS) is 14.1. The molecule has 2 N–H and O–H groups in total. The van der Waals surface area contributed by atoms with Crippen molar-refractivity contribution in [3.05, 3.63) is 22.1 Å². The second-order valence-electron chi connectivity index (χ2n) is 5.72. The van der Waals surface area contributed by atoms with Gasteiger partial charge in [0.2, 0.25) is 0 Å². The molecule has 0 saturated heterocycles. The van der Waals surface area contributed by atoms with E-state index in [0.717, 1.165) is 10.8 Å². The van der Waals surface area contributed by atoms with Gasteiger partial charge >= 0.3 is 0 Å². The van der Waals surface area contributed by atoms with Crippen molar-refractivity contribution in [1.82, 2.24) is 20.3 Å². The SMILES string of the molecule is CSc1ncc(C(=O)NC(C)C)c(Nc2csc(C3CC3)n2)n1. The molecular weight excluding hydrogens is 330 g/mol. The van der Waals surface area contributed by atoms with E-state index in [1.165, 1.54) is 24.6 Å². The van der Waals surface area contributed by atoms with E-state index in [2.05, 4.69) is 25.6 Å². The number of carbonyl (C=O) groups excluding carboxylic acids is 1. The van der Waals surface area contributed by atoms with E-state index in [1.807, 2.05) is 25.5 Å². The summed E-state index contributed by atoms with van der Waals surface area (Å²) >= 11 is 3.09. The summed E-state index contributed by atoms with van der Waals surface area (Å²) < 4.78 is 0. The zero-order chi connectivity index (χ0) is 16.4. The Bertz CT molecular complexity index is 712. The Morgan fingerprint density at radius 2 is 2.17 bits per heavy atom. The molecule has 3 rings (SSSR count). The molecule has 1 saturated carbocycles. The summed E-state index contributed by atoms with van der Waals surface area (Å²) in [6.07, 6.45) is 5.91. The zero-order valence-electron chi connectivity index (χ0n) is 13.3. The molecule has 0 spiro atoms. The highest BCUT2D eigenvalue weighted by molar-refractivity contribution is 7.98. The van der Waals surface area contributed by atoms with E-state index < -0.39 is 0 Å². The maximum Gasteiger partial charge on any atom is 0.256 e. The van der Waals surface area contributed by atoms with Gasteiger partial charge < -0.3 is 10.6 Å². The standard InChI is InChI=1S/C15H19N5OS2/c1-8(2)17-13(21)10-6-16-15(22-3)20-12(10)18-11-7-23-14(19-11)9-4-5-9/h6-9H,4-5H2,1-3H3,(H,17,21)(H,16,18,20). The van der Waals surface area contributed by atoms with Crippen molar-refractivity contribution in [3.8, 4) is 0 Å². The number of nitrogens with one attached hydrogen (secondary N) is 2. The Labute approximate surface area is 143 Å². The average molecular weight is 349 g/mol. The minimum atomic E-state index is -0.187. The maximum atomic E-state index is 12.3. The van der Waals surface area contributed by atoms with Crippen LogP contribution in [0.1, 0.15) is 48.0 Å². The molecule has 0 aromatic carbocycles. The Balaban J connectivity index is 1.86. The lowest BCUT2D eigenvalue weighted by molar-refractivity contribution is 0.0943. The molecule has 6 nitrogen and oxygen atoms in total. The summed E-state index contributed by atoms with van der Waals surface area (Å²) in [5.74, 6) is 1.66. The molecule has 2 aromatic rings. The van der Waals surface area contributed by atoms with Crippen molar-refractivity contribution in [2.45, 2.75) is 43.8 Å². The molecule has 122 valence electrons. The minimum absolute atomic E-state index is 0.0521. The molecule has 0 bridgehead atoms. The molecule has 0 aliphatic heterocycles. The van der Waals surface area contributed by atoms with Crippen LogP contribution in [0.25, 0.3) is 0 Å². The molecule has 23 heavy (non-hydrogen) atoms. The van der Waals surface area contributed by atoms with Gasteiger partial charge in [-0.2, -0.15) is 0 Å². The van der Waals surface area contributed by atoms with Crippen LogP contribution in [0.3, 0.4) is 0 Å². The molecule has 1 fully saturated rings. The van der Waals surface area contributed by atoms with E-state index >= 15 is 0 Å². The van der Waals surface area contributed by atoms with Crippen LogP contribution < -0.4 is 10.6 Å². The molecule has 2 aromatic heterocycles. The number of anilines is 2. The highest BCUT2D eigenvalue weighted by Crippen LogP contribution is 2.42. The maximum absolute atomic E-state index is 12.3. The quantitative estimate of drug-likeness (QED) is 0.614. The van der Waals surface area contributed by atoms with Crippen LogP contribution >= 0.6 is 23.1 Å². The lowest BCUT2D eigenvalue weighted by Crippen LogP contribution is -2.31. The van der Waals surface area contributed by atoms with E-state index in [-0.39, 0.29) is 11.9 Å². The number of amides is 1. The van der Waals surface area contributed by atoms with Gasteiger partial charge in [-0.25, -0.2) is 15.0 Å².